The van der Waals surface area contributed by atoms with Crippen LogP contribution in [0.25, 0.3) is 0 Å². The fourth-order valence-electron chi connectivity index (χ4n) is 2.53. The number of nitrogens with one attached hydrogen (secondary N) is 1. The summed E-state index contributed by atoms with van der Waals surface area (Å²) in [4.78, 5) is 28.1. The van der Waals surface area contributed by atoms with Crippen LogP contribution in [0.5, 0.6) is 0 Å². The Labute approximate surface area is 149 Å². The van der Waals surface area contributed by atoms with Gasteiger partial charge in [0.2, 0.25) is 5.91 Å². The summed E-state index contributed by atoms with van der Waals surface area (Å²) >= 11 is 0. The van der Waals surface area contributed by atoms with Gasteiger partial charge < -0.3 is 15.1 Å². The van der Waals surface area contributed by atoms with Gasteiger partial charge in [-0.25, -0.2) is 0 Å². The van der Waals surface area contributed by atoms with E-state index < -0.39 is 0 Å². The standard InChI is InChI=1S/C19H39N3O2/c1-5-9-10-18(23)11-14-21(7-3)16-17-22(8-4)15-12-19(24)20-13-6-2/h5-17H2,1-4H3,(H,20,24). The van der Waals surface area contributed by atoms with Gasteiger partial charge in [0.05, 0.1) is 0 Å². The topological polar surface area (TPSA) is 52.7 Å². The van der Waals surface area contributed by atoms with E-state index in [1.807, 2.05) is 0 Å². The van der Waals surface area contributed by atoms with Crippen molar-refractivity contribution in [3.8, 4) is 0 Å². The highest BCUT2D eigenvalue weighted by molar-refractivity contribution is 5.78. The van der Waals surface area contributed by atoms with Gasteiger partial charge in [-0.3, -0.25) is 9.59 Å². The van der Waals surface area contributed by atoms with Gasteiger partial charge in [0.15, 0.2) is 0 Å². The molecule has 0 aliphatic heterocycles. The second-order valence-electron chi connectivity index (χ2n) is 6.36. The lowest BCUT2D eigenvalue weighted by Crippen LogP contribution is -2.38. The Kier molecular flexibility index (Phi) is 15.0. The van der Waals surface area contributed by atoms with Crippen molar-refractivity contribution in [3.63, 3.8) is 0 Å². The van der Waals surface area contributed by atoms with Crippen molar-refractivity contribution < 1.29 is 9.59 Å². The van der Waals surface area contributed by atoms with E-state index in [1.165, 1.54) is 0 Å². The quantitative estimate of drug-likeness (QED) is 0.469. The van der Waals surface area contributed by atoms with E-state index in [1.54, 1.807) is 0 Å². The number of nitrogens with zero attached hydrogens (tertiary/aromatic N) is 2. The van der Waals surface area contributed by atoms with Crippen molar-refractivity contribution in [2.45, 2.75) is 66.2 Å². The number of amides is 1. The summed E-state index contributed by atoms with van der Waals surface area (Å²) in [5.41, 5.74) is 0. The number of likely N-dealkylation sites (N-methyl/N-ethyl adjacent to an activating group) is 2. The molecule has 0 atom stereocenters. The molecule has 0 saturated heterocycles. The van der Waals surface area contributed by atoms with Gasteiger partial charge >= 0.3 is 0 Å². The van der Waals surface area contributed by atoms with E-state index in [2.05, 4.69) is 42.8 Å². The van der Waals surface area contributed by atoms with Gasteiger partial charge in [-0.2, -0.15) is 0 Å². The van der Waals surface area contributed by atoms with Crippen LogP contribution in [0.3, 0.4) is 0 Å². The van der Waals surface area contributed by atoms with Crippen molar-refractivity contribution in [1.82, 2.24) is 15.1 Å². The number of rotatable bonds is 16. The van der Waals surface area contributed by atoms with E-state index in [0.717, 1.165) is 71.5 Å². The highest BCUT2D eigenvalue weighted by atomic mass is 16.1. The van der Waals surface area contributed by atoms with Crippen LogP contribution in [0.2, 0.25) is 0 Å². The van der Waals surface area contributed by atoms with E-state index in [4.69, 9.17) is 0 Å². The number of hydrogen-bond donors (Lipinski definition) is 1. The number of hydrogen-bond acceptors (Lipinski definition) is 4. The van der Waals surface area contributed by atoms with Gasteiger partial charge in [-0.05, 0) is 25.9 Å². The molecule has 0 heterocycles. The van der Waals surface area contributed by atoms with Crippen molar-refractivity contribution in [2.75, 3.05) is 45.8 Å². The number of unbranched alkanes of at least 4 members (excludes halogenated alkanes) is 1. The van der Waals surface area contributed by atoms with Crippen LogP contribution in [-0.4, -0.2) is 67.3 Å². The van der Waals surface area contributed by atoms with Gasteiger partial charge in [-0.1, -0.05) is 34.1 Å². The van der Waals surface area contributed by atoms with Crippen LogP contribution >= 0.6 is 0 Å². The normalized spacial score (nSPS) is 11.2. The maximum absolute atomic E-state index is 11.8. The van der Waals surface area contributed by atoms with Crippen LogP contribution in [0.4, 0.5) is 0 Å². The zero-order valence-corrected chi connectivity index (χ0v) is 16.4. The Bertz CT molecular complexity index is 303. The summed E-state index contributed by atoms with van der Waals surface area (Å²) in [5, 5.41) is 2.92. The van der Waals surface area contributed by atoms with Crippen LogP contribution < -0.4 is 5.32 Å². The Morgan fingerprint density at radius 2 is 1.33 bits per heavy atom. The molecule has 0 aromatic heterocycles. The predicted molar refractivity (Wildman–Crippen MR) is 101 cm³/mol. The molecule has 0 aliphatic carbocycles. The van der Waals surface area contributed by atoms with Gasteiger partial charge in [0.25, 0.3) is 0 Å². The van der Waals surface area contributed by atoms with E-state index in [-0.39, 0.29) is 5.91 Å². The average Bonchev–Trinajstić information content (AvgIpc) is 2.60. The molecule has 0 aliphatic rings. The summed E-state index contributed by atoms with van der Waals surface area (Å²) in [5.74, 6) is 0.527. The molecule has 1 amide bonds. The molecule has 0 unspecified atom stereocenters. The molecule has 0 rings (SSSR count). The number of carbonyl (C=O) groups is 2. The van der Waals surface area contributed by atoms with E-state index in [0.29, 0.717) is 18.6 Å². The lowest BCUT2D eigenvalue weighted by Gasteiger charge is -2.25. The first kappa shape index (κ1) is 23.1. The molecule has 0 bridgehead atoms. The summed E-state index contributed by atoms with van der Waals surface area (Å²) in [6.07, 6.45) is 5.03. The molecular weight excluding hydrogens is 302 g/mol. The van der Waals surface area contributed by atoms with E-state index >= 15 is 0 Å². The maximum atomic E-state index is 11.8. The number of Topliss-reactive ketones (excluding diaryl/α,β-unsaturated/α-hetero) is 1. The third-order valence-electron chi connectivity index (χ3n) is 4.37. The van der Waals surface area contributed by atoms with Gasteiger partial charge in [0, 0.05) is 52.0 Å². The first-order valence-corrected chi connectivity index (χ1v) is 9.80. The van der Waals surface area contributed by atoms with Crippen molar-refractivity contribution in [3.05, 3.63) is 0 Å². The molecule has 0 radical (unpaired) electrons. The number of ketones is 1. The predicted octanol–water partition coefficient (Wildman–Crippen LogP) is 2.70. The maximum Gasteiger partial charge on any atom is 0.221 e. The van der Waals surface area contributed by atoms with Crippen molar-refractivity contribution in [2.24, 2.45) is 0 Å². The average molecular weight is 342 g/mol. The molecule has 5 nitrogen and oxygen atoms in total. The van der Waals surface area contributed by atoms with E-state index in [9.17, 15) is 9.59 Å². The molecule has 0 fully saturated rings. The summed E-state index contributed by atoms with van der Waals surface area (Å²) in [7, 11) is 0. The second kappa shape index (κ2) is 15.6. The minimum atomic E-state index is 0.143. The summed E-state index contributed by atoms with van der Waals surface area (Å²) in [6, 6.07) is 0. The number of carbonyl (C=O) groups excluding carboxylic acids is 2. The highest BCUT2D eigenvalue weighted by Gasteiger charge is 2.10. The third-order valence-corrected chi connectivity index (χ3v) is 4.37. The Hall–Kier alpha value is -0.940. The lowest BCUT2D eigenvalue weighted by atomic mass is 10.1. The molecule has 0 saturated carbocycles. The molecule has 0 aromatic rings. The Balaban J connectivity index is 4.00. The largest absolute Gasteiger partial charge is 0.356 e. The van der Waals surface area contributed by atoms with Crippen molar-refractivity contribution >= 4 is 11.7 Å². The molecular formula is C19H39N3O2. The minimum Gasteiger partial charge on any atom is -0.356 e. The smallest absolute Gasteiger partial charge is 0.221 e. The lowest BCUT2D eigenvalue weighted by molar-refractivity contribution is -0.121. The van der Waals surface area contributed by atoms with Crippen LogP contribution in [0, 0.1) is 0 Å². The molecule has 0 spiro atoms. The summed E-state index contributed by atoms with van der Waals surface area (Å²) < 4.78 is 0. The first-order valence-electron chi connectivity index (χ1n) is 9.80. The Morgan fingerprint density at radius 1 is 0.750 bits per heavy atom. The molecule has 142 valence electrons. The van der Waals surface area contributed by atoms with Crippen LogP contribution in [0.15, 0.2) is 0 Å². The molecule has 24 heavy (non-hydrogen) atoms. The van der Waals surface area contributed by atoms with Crippen molar-refractivity contribution in [1.29, 1.82) is 0 Å². The van der Waals surface area contributed by atoms with Gasteiger partial charge in [0.1, 0.15) is 5.78 Å². The third kappa shape index (κ3) is 12.5. The molecule has 1 N–H and O–H groups in total. The Morgan fingerprint density at radius 3 is 1.83 bits per heavy atom. The minimum absolute atomic E-state index is 0.143. The fraction of sp³-hybridized carbons (Fsp3) is 0.895. The van der Waals surface area contributed by atoms with Gasteiger partial charge in [-0.15, -0.1) is 0 Å². The fourth-order valence-corrected chi connectivity index (χ4v) is 2.53. The SMILES string of the molecule is CCCCC(=O)CCN(CC)CCN(CC)CCC(=O)NCCC. The van der Waals surface area contributed by atoms with Crippen LogP contribution in [0.1, 0.15) is 66.2 Å². The first-order chi connectivity index (χ1) is 11.6. The zero-order chi connectivity index (χ0) is 18.2. The molecule has 5 heteroatoms. The zero-order valence-electron chi connectivity index (χ0n) is 16.4. The second-order valence-corrected chi connectivity index (χ2v) is 6.36. The van der Waals surface area contributed by atoms with Crippen LogP contribution in [-0.2, 0) is 9.59 Å². The summed E-state index contributed by atoms with van der Waals surface area (Å²) in [6.45, 7) is 14.7. The monoisotopic (exact) mass is 341 g/mol. The molecule has 0 aromatic carbocycles. The highest BCUT2D eigenvalue weighted by Crippen LogP contribution is 2.01.